The standard InChI is InChI=1S/C19H27ClN6O/c1-25-23-19(22-24-25)15-6-10-26(11-7-15)13-14-2-3-18(17(20)12-14)27-16-4-8-21-9-5-16/h2-3,12,15-16,21H,4-11,13H2,1H3. The molecule has 2 fully saturated rings. The highest BCUT2D eigenvalue weighted by Crippen LogP contribution is 2.30. The Labute approximate surface area is 165 Å². The van der Waals surface area contributed by atoms with Crippen molar-refractivity contribution < 1.29 is 4.74 Å². The van der Waals surface area contributed by atoms with Crippen molar-refractivity contribution in [2.24, 2.45) is 7.05 Å². The largest absolute Gasteiger partial charge is 0.489 e. The van der Waals surface area contributed by atoms with Gasteiger partial charge in [-0.15, -0.1) is 10.2 Å². The van der Waals surface area contributed by atoms with Gasteiger partial charge in [0.15, 0.2) is 5.82 Å². The molecule has 4 rings (SSSR count). The summed E-state index contributed by atoms with van der Waals surface area (Å²) >= 11 is 6.49. The van der Waals surface area contributed by atoms with Crippen molar-refractivity contribution in [3.8, 4) is 5.75 Å². The van der Waals surface area contributed by atoms with Crippen LogP contribution in [0.5, 0.6) is 5.75 Å². The number of piperidine rings is 2. The average Bonchev–Trinajstić information content (AvgIpc) is 3.12. The van der Waals surface area contributed by atoms with Crippen molar-refractivity contribution in [2.45, 2.75) is 44.2 Å². The van der Waals surface area contributed by atoms with Crippen LogP contribution in [-0.4, -0.2) is 57.4 Å². The van der Waals surface area contributed by atoms with Gasteiger partial charge in [-0.2, -0.15) is 4.80 Å². The Morgan fingerprint density at radius 3 is 2.63 bits per heavy atom. The lowest BCUT2D eigenvalue weighted by Gasteiger charge is -2.30. The van der Waals surface area contributed by atoms with Gasteiger partial charge in [-0.05, 0) is 74.8 Å². The number of hydrogen-bond donors (Lipinski definition) is 1. The Morgan fingerprint density at radius 2 is 1.96 bits per heavy atom. The minimum absolute atomic E-state index is 0.267. The average molecular weight is 391 g/mol. The number of hydrogen-bond acceptors (Lipinski definition) is 6. The number of nitrogens with one attached hydrogen (secondary N) is 1. The van der Waals surface area contributed by atoms with Crippen LogP contribution in [0.3, 0.4) is 0 Å². The molecule has 2 aliphatic rings. The zero-order chi connectivity index (χ0) is 18.6. The zero-order valence-electron chi connectivity index (χ0n) is 15.8. The molecular formula is C19H27ClN6O. The van der Waals surface area contributed by atoms with Gasteiger partial charge in [-0.25, -0.2) is 0 Å². The van der Waals surface area contributed by atoms with Gasteiger partial charge in [0.25, 0.3) is 0 Å². The fraction of sp³-hybridized carbons (Fsp3) is 0.632. The van der Waals surface area contributed by atoms with E-state index in [9.17, 15) is 0 Å². The summed E-state index contributed by atoms with van der Waals surface area (Å²) in [6.45, 7) is 5.01. The maximum atomic E-state index is 6.49. The van der Waals surface area contributed by atoms with Crippen LogP contribution in [0.25, 0.3) is 0 Å². The van der Waals surface area contributed by atoms with Gasteiger partial charge in [0, 0.05) is 12.5 Å². The van der Waals surface area contributed by atoms with E-state index in [1.54, 1.807) is 0 Å². The molecule has 0 radical (unpaired) electrons. The Bertz CT molecular complexity index is 752. The summed E-state index contributed by atoms with van der Waals surface area (Å²) in [6.07, 6.45) is 4.47. The molecule has 2 aromatic rings. The second-order valence-corrected chi connectivity index (χ2v) is 7.93. The molecule has 0 aliphatic carbocycles. The monoisotopic (exact) mass is 390 g/mol. The molecule has 2 aliphatic heterocycles. The van der Waals surface area contributed by atoms with Crippen molar-refractivity contribution in [1.29, 1.82) is 0 Å². The lowest BCUT2D eigenvalue weighted by Crippen LogP contribution is -2.34. The third kappa shape index (κ3) is 4.78. The van der Waals surface area contributed by atoms with E-state index in [0.717, 1.165) is 70.0 Å². The molecule has 0 unspecified atom stereocenters. The first-order valence-corrected chi connectivity index (χ1v) is 10.2. The van der Waals surface area contributed by atoms with Crippen molar-refractivity contribution in [2.75, 3.05) is 26.2 Å². The number of halogens is 1. The summed E-state index contributed by atoms with van der Waals surface area (Å²) in [4.78, 5) is 4.00. The SMILES string of the molecule is Cn1nnc(C2CCN(Cc3ccc(OC4CCNCC4)c(Cl)c3)CC2)n1. The minimum atomic E-state index is 0.267. The summed E-state index contributed by atoms with van der Waals surface area (Å²) < 4.78 is 6.09. The van der Waals surface area contributed by atoms with Gasteiger partial charge >= 0.3 is 0 Å². The number of likely N-dealkylation sites (tertiary alicyclic amines) is 1. The van der Waals surface area contributed by atoms with Crippen molar-refractivity contribution in [3.05, 3.63) is 34.6 Å². The molecule has 0 spiro atoms. The second kappa shape index (κ2) is 8.54. The van der Waals surface area contributed by atoms with Gasteiger partial charge in [-0.3, -0.25) is 4.90 Å². The fourth-order valence-corrected chi connectivity index (χ4v) is 4.15. The molecular weight excluding hydrogens is 364 g/mol. The van der Waals surface area contributed by atoms with Crippen LogP contribution in [0.4, 0.5) is 0 Å². The van der Waals surface area contributed by atoms with E-state index in [1.165, 1.54) is 10.4 Å². The second-order valence-electron chi connectivity index (χ2n) is 7.52. The van der Waals surface area contributed by atoms with E-state index in [-0.39, 0.29) is 6.10 Å². The number of aromatic nitrogens is 4. The van der Waals surface area contributed by atoms with Crippen molar-refractivity contribution >= 4 is 11.6 Å². The highest BCUT2D eigenvalue weighted by molar-refractivity contribution is 6.32. The fourth-order valence-electron chi connectivity index (χ4n) is 3.90. The van der Waals surface area contributed by atoms with Crippen molar-refractivity contribution in [1.82, 2.24) is 30.4 Å². The number of rotatable bonds is 5. The number of benzene rings is 1. The van der Waals surface area contributed by atoms with E-state index in [2.05, 4.69) is 31.7 Å². The molecule has 1 aromatic carbocycles. The van der Waals surface area contributed by atoms with Crippen LogP contribution in [-0.2, 0) is 13.6 Å². The summed E-state index contributed by atoms with van der Waals surface area (Å²) in [5, 5.41) is 16.5. The van der Waals surface area contributed by atoms with E-state index in [0.29, 0.717) is 10.9 Å². The lowest BCUT2D eigenvalue weighted by molar-refractivity contribution is 0.162. The molecule has 3 heterocycles. The topological polar surface area (TPSA) is 68.1 Å². The van der Waals surface area contributed by atoms with Gasteiger partial charge in [0.2, 0.25) is 0 Å². The van der Waals surface area contributed by atoms with Gasteiger partial charge in [0.1, 0.15) is 11.9 Å². The lowest BCUT2D eigenvalue weighted by atomic mass is 9.96. The van der Waals surface area contributed by atoms with Crippen LogP contribution < -0.4 is 10.1 Å². The van der Waals surface area contributed by atoms with E-state index in [4.69, 9.17) is 16.3 Å². The Morgan fingerprint density at radius 1 is 1.19 bits per heavy atom. The first kappa shape index (κ1) is 18.7. The summed E-state index contributed by atoms with van der Waals surface area (Å²) in [7, 11) is 1.81. The third-order valence-electron chi connectivity index (χ3n) is 5.46. The third-order valence-corrected chi connectivity index (χ3v) is 5.75. The highest BCUT2D eigenvalue weighted by Gasteiger charge is 2.24. The molecule has 7 nitrogen and oxygen atoms in total. The number of tetrazole rings is 1. The van der Waals surface area contributed by atoms with Gasteiger partial charge in [0.05, 0.1) is 12.1 Å². The minimum Gasteiger partial charge on any atom is -0.489 e. The van der Waals surface area contributed by atoms with Gasteiger partial charge in [-0.1, -0.05) is 17.7 Å². The van der Waals surface area contributed by atoms with E-state index in [1.807, 2.05) is 19.2 Å². The molecule has 1 aromatic heterocycles. The molecule has 2 saturated heterocycles. The van der Waals surface area contributed by atoms with Crippen LogP contribution in [0.15, 0.2) is 18.2 Å². The highest BCUT2D eigenvalue weighted by atomic mass is 35.5. The zero-order valence-corrected chi connectivity index (χ0v) is 16.5. The molecule has 0 bridgehead atoms. The smallest absolute Gasteiger partial charge is 0.177 e. The molecule has 0 amide bonds. The molecule has 8 heteroatoms. The predicted molar refractivity (Wildman–Crippen MR) is 104 cm³/mol. The maximum Gasteiger partial charge on any atom is 0.177 e. The van der Waals surface area contributed by atoms with E-state index < -0.39 is 0 Å². The van der Waals surface area contributed by atoms with Crippen LogP contribution >= 0.6 is 11.6 Å². The molecule has 1 N–H and O–H groups in total. The molecule has 0 saturated carbocycles. The van der Waals surface area contributed by atoms with Gasteiger partial charge < -0.3 is 10.1 Å². The Balaban J connectivity index is 1.30. The van der Waals surface area contributed by atoms with Crippen LogP contribution in [0, 0.1) is 0 Å². The Hall–Kier alpha value is -1.70. The summed E-state index contributed by atoms with van der Waals surface area (Å²) in [5.41, 5.74) is 1.23. The quantitative estimate of drug-likeness (QED) is 0.845. The first-order chi connectivity index (χ1) is 13.2. The number of ether oxygens (including phenoxy) is 1. The van der Waals surface area contributed by atoms with Crippen LogP contribution in [0.2, 0.25) is 5.02 Å². The maximum absolute atomic E-state index is 6.49. The molecule has 0 atom stereocenters. The van der Waals surface area contributed by atoms with E-state index >= 15 is 0 Å². The molecule has 146 valence electrons. The Kier molecular flexibility index (Phi) is 5.90. The van der Waals surface area contributed by atoms with Crippen molar-refractivity contribution in [3.63, 3.8) is 0 Å². The number of aryl methyl sites for hydroxylation is 1. The summed E-state index contributed by atoms with van der Waals surface area (Å²) in [5.74, 6) is 2.10. The normalized spacial score (nSPS) is 20.1. The summed E-state index contributed by atoms with van der Waals surface area (Å²) in [6, 6.07) is 6.21. The first-order valence-electron chi connectivity index (χ1n) is 9.79. The van der Waals surface area contributed by atoms with Crippen LogP contribution in [0.1, 0.15) is 43.0 Å². The number of nitrogens with zero attached hydrogens (tertiary/aromatic N) is 5. The molecule has 27 heavy (non-hydrogen) atoms. The predicted octanol–water partition coefficient (Wildman–Crippen LogP) is 2.37.